The standard InChI is InChI=1S/C27H31N7O/c28-21-9-4-5-10-23(21)32-27-30-17-20(25(29)35)26(33-27)31-22-11-6-12-24-19(22)14-16-34(24)15-13-18-7-2-1-3-8-18/h1-3,6-8,11-12,14,16-17,21,23H,4-5,9-10,13,15,28H2,(H2,29,35)(H2,30,31,32,33). The number of nitrogens with one attached hydrogen (secondary N) is 2. The summed E-state index contributed by atoms with van der Waals surface area (Å²) in [6.45, 7) is 0.868. The zero-order chi connectivity index (χ0) is 24.2. The topological polar surface area (TPSA) is 124 Å². The number of hydrogen-bond acceptors (Lipinski definition) is 6. The summed E-state index contributed by atoms with van der Waals surface area (Å²) in [6.07, 6.45) is 8.72. The molecule has 6 N–H and O–H groups in total. The number of carbonyl (C=O) groups excluding carboxylic acids is 1. The number of rotatable bonds is 8. The SMILES string of the molecule is NC(=O)c1cnc(NC2CCCCC2N)nc1Nc1cccc2c1ccn2CCc1ccccc1. The molecule has 2 atom stereocenters. The van der Waals surface area contributed by atoms with Crippen molar-refractivity contribution in [1.29, 1.82) is 0 Å². The Bertz CT molecular complexity index is 1320. The molecular formula is C27H31N7O. The lowest BCUT2D eigenvalue weighted by molar-refractivity contribution is 0.100. The predicted octanol–water partition coefficient (Wildman–Crippen LogP) is 4.20. The number of aryl methyl sites for hydroxylation is 2. The number of nitrogens with two attached hydrogens (primary N) is 2. The fraction of sp³-hybridized carbons (Fsp3) is 0.296. The highest BCUT2D eigenvalue weighted by Crippen LogP contribution is 2.29. The van der Waals surface area contributed by atoms with Crippen LogP contribution in [0.4, 0.5) is 17.5 Å². The molecule has 1 fully saturated rings. The van der Waals surface area contributed by atoms with E-state index in [4.69, 9.17) is 11.5 Å². The van der Waals surface area contributed by atoms with E-state index in [1.165, 1.54) is 11.8 Å². The Hall–Kier alpha value is -3.91. The van der Waals surface area contributed by atoms with E-state index in [-0.39, 0.29) is 17.6 Å². The van der Waals surface area contributed by atoms with Crippen molar-refractivity contribution in [2.75, 3.05) is 10.6 Å². The Labute approximate surface area is 204 Å². The summed E-state index contributed by atoms with van der Waals surface area (Å²) in [5, 5.41) is 7.73. The minimum absolute atomic E-state index is 0.0592. The number of hydrogen-bond donors (Lipinski definition) is 4. The van der Waals surface area contributed by atoms with Gasteiger partial charge in [0.1, 0.15) is 11.4 Å². The van der Waals surface area contributed by atoms with Gasteiger partial charge in [0.15, 0.2) is 0 Å². The Kier molecular flexibility index (Phi) is 6.63. The molecule has 5 rings (SSSR count). The van der Waals surface area contributed by atoms with Crippen LogP contribution in [0.15, 0.2) is 67.0 Å². The fourth-order valence-corrected chi connectivity index (χ4v) is 4.78. The average molecular weight is 470 g/mol. The Morgan fingerprint density at radius 2 is 1.89 bits per heavy atom. The highest BCUT2D eigenvalue weighted by molar-refractivity contribution is 6.00. The van der Waals surface area contributed by atoms with E-state index in [1.807, 2.05) is 18.2 Å². The number of aromatic nitrogens is 3. The van der Waals surface area contributed by atoms with E-state index >= 15 is 0 Å². The average Bonchev–Trinajstić information content (AvgIpc) is 3.29. The van der Waals surface area contributed by atoms with Crippen LogP contribution in [-0.4, -0.2) is 32.5 Å². The van der Waals surface area contributed by atoms with Crippen LogP contribution in [0, 0.1) is 0 Å². The van der Waals surface area contributed by atoms with Crippen molar-refractivity contribution in [2.24, 2.45) is 11.5 Å². The van der Waals surface area contributed by atoms with Gasteiger partial charge in [-0.15, -0.1) is 0 Å². The third-order valence-corrected chi connectivity index (χ3v) is 6.74. The van der Waals surface area contributed by atoms with Crippen LogP contribution >= 0.6 is 0 Å². The van der Waals surface area contributed by atoms with Crippen molar-refractivity contribution in [3.8, 4) is 0 Å². The number of carbonyl (C=O) groups is 1. The summed E-state index contributed by atoms with van der Waals surface area (Å²) in [5.41, 5.74) is 15.4. The second kappa shape index (κ2) is 10.1. The van der Waals surface area contributed by atoms with Crippen molar-refractivity contribution >= 4 is 34.3 Å². The van der Waals surface area contributed by atoms with E-state index in [0.717, 1.165) is 55.2 Å². The molecule has 0 saturated heterocycles. The lowest BCUT2D eigenvalue weighted by atomic mass is 9.91. The zero-order valence-corrected chi connectivity index (χ0v) is 19.7. The summed E-state index contributed by atoms with van der Waals surface area (Å²) in [4.78, 5) is 21.0. The Morgan fingerprint density at radius 3 is 2.69 bits per heavy atom. The first-order valence-corrected chi connectivity index (χ1v) is 12.2. The molecule has 0 spiro atoms. The third-order valence-electron chi connectivity index (χ3n) is 6.74. The number of nitrogens with zero attached hydrogens (tertiary/aromatic N) is 3. The summed E-state index contributed by atoms with van der Waals surface area (Å²) in [7, 11) is 0. The molecule has 4 aromatic rings. The van der Waals surface area contributed by atoms with Gasteiger partial charge in [-0.25, -0.2) is 4.98 Å². The Morgan fingerprint density at radius 1 is 1.06 bits per heavy atom. The molecule has 8 heteroatoms. The number of fused-ring (bicyclic) bond motifs is 1. The van der Waals surface area contributed by atoms with Crippen LogP contribution in [0.25, 0.3) is 10.9 Å². The van der Waals surface area contributed by atoms with Gasteiger partial charge in [-0.3, -0.25) is 4.79 Å². The fourth-order valence-electron chi connectivity index (χ4n) is 4.78. The van der Waals surface area contributed by atoms with Crippen molar-refractivity contribution in [3.63, 3.8) is 0 Å². The van der Waals surface area contributed by atoms with E-state index in [2.05, 4.69) is 67.8 Å². The van der Waals surface area contributed by atoms with Gasteiger partial charge in [-0.05, 0) is 43.0 Å². The summed E-state index contributed by atoms with van der Waals surface area (Å²) >= 11 is 0. The molecule has 1 aliphatic carbocycles. The van der Waals surface area contributed by atoms with Crippen LogP contribution in [0.3, 0.4) is 0 Å². The van der Waals surface area contributed by atoms with Crippen LogP contribution in [0.1, 0.15) is 41.6 Å². The maximum atomic E-state index is 12.1. The normalized spacial score (nSPS) is 17.9. The highest BCUT2D eigenvalue weighted by atomic mass is 16.1. The van der Waals surface area contributed by atoms with Crippen molar-refractivity contribution in [1.82, 2.24) is 14.5 Å². The van der Waals surface area contributed by atoms with Crippen LogP contribution < -0.4 is 22.1 Å². The van der Waals surface area contributed by atoms with Gasteiger partial charge < -0.3 is 26.7 Å². The van der Waals surface area contributed by atoms with Crippen LogP contribution in [0.5, 0.6) is 0 Å². The molecule has 1 amide bonds. The molecule has 1 saturated carbocycles. The van der Waals surface area contributed by atoms with Crippen molar-refractivity contribution in [3.05, 3.63) is 78.1 Å². The molecule has 1 aliphatic rings. The van der Waals surface area contributed by atoms with Gasteiger partial charge in [0.25, 0.3) is 5.91 Å². The van der Waals surface area contributed by atoms with Gasteiger partial charge in [-0.1, -0.05) is 49.2 Å². The van der Waals surface area contributed by atoms with Crippen LogP contribution in [-0.2, 0) is 13.0 Å². The molecule has 0 bridgehead atoms. The van der Waals surface area contributed by atoms with E-state index < -0.39 is 5.91 Å². The van der Waals surface area contributed by atoms with Crippen molar-refractivity contribution < 1.29 is 4.79 Å². The molecule has 2 aromatic carbocycles. The second-order valence-corrected chi connectivity index (χ2v) is 9.13. The summed E-state index contributed by atoms with van der Waals surface area (Å²) in [5.74, 6) is 0.234. The minimum Gasteiger partial charge on any atom is -0.365 e. The zero-order valence-electron chi connectivity index (χ0n) is 19.7. The van der Waals surface area contributed by atoms with Gasteiger partial charge in [0.05, 0.1) is 5.52 Å². The molecule has 0 radical (unpaired) electrons. The van der Waals surface area contributed by atoms with Crippen LogP contribution in [0.2, 0.25) is 0 Å². The first kappa shape index (κ1) is 22.9. The van der Waals surface area contributed by atoms with Gasteiger partial charge in [-0.2, -0.15) is 4.98 Å². The quantitative estimate of drug-likeness (QED) is 0.307. The lowest BCUT2D eigenvalue weighted by Crippen LogP contribution is -2.43. The number of anilines is 3. The minimum atomic E-state index is -0.582. The van der Waals surface area contributed by atoms with Crippen molar-refractivity contribution in [2.45, 2.75) is 50.7 Å². The van der Waals surface area contributed by atoms with Gasteiger partial charge in [0, 0.05) is 42.1 Å². The van der Waals surface area contributed by atoms with E-state index in [0.29, 0.717) is 11.8 Å². The third kappa shape index (κ3) is 5.12. The number of primary amides is 1. The molecule has 180 valence electrons. The summed E-state index contributed by atoms with van der Waals surface area (Å²) < 4.78 is 2.24. The molecule has 35 heavy (non-hydrogen) atoms. The Balaban J connectivity index is 1.40. The highest BCUT2D eigenvalue weighted by Gasteiger charge is 2.23. The van der Waals surface area contributed by atoms with Gasteiger partial charge in [0.2, 0.25) is 5.95 Å². The first-order chi connectivity index (χ1) is 17.1. The first-order valence-electron chi connectivity index (χ1n) is 12.2. The smallest absolute Gasteiger partial charge is 0.254 e. The lowest BCUT2D eigenvalue weighted by Gasteiger charge is -2.29. The second-order valence-electron chi connectivity index (χ2n) is 9.13. The molecule has 0 aliphatic heterocycles. The number of amides is 1. The maximum absolute atomic E-state index is 12.1. The molecule has 2 aromatic heterocycles. The molecular weight excluding hydrogens is 438 g/mol. The van der Waals surface area contributed by atoms with Gasteiger partial charge >= 0.3 is 0 Å². The molecule has 2 unspecified atom stereocenters. The maximum Gasteiger partial charge on any atom is 0.254 e. The number of benzene rings is 2. The monoisotopic (exact) mass is 469 g/mol. The molecule has 8 nitrogen and oxygen atoms in total. The molecule has 2 heterocycles. The largest absolute Gasteiger partial charge is 0.365 e. The summed E-state index contributed by atoms with van der Waals surface area (Å²) in [6, 6.07) is 18.8. The van der Waals surface area contributed by atoms with E-state index in [9.17, 15) is 4.79 Å². The predicted molar refractivity (Wildman–Crippen MR) is 140 cm³/mol. The van der Waals surface area contributed by atoms with E-state index in [1.54, 1.807) is 0 Å².